The van der Waals surface area contributed by atoms with Crippen molar-refractivity contribution in [1.29, 1.82) is 0 Å². The van der Waals surface area contributed by atoms with E-state index < -0.39 is 33.4 Å². The van der Waals surface area contributed by atoms with Gasteiger partial charge in [0.1, 0.15) is 12.6 Å². The van der Waals surface area contributed by atoms with Gasteiger partial charge >= 0.3 is 0 Å². The third kappa shape index (κ3) is 8.57. The van der Waals surface area contributed by atoms with Crippen LogP contribution < -0.4 is 9.62 Å². The molecule has 0 aliphatic rings. The van der Waals surface area contributed by atoms with E-state index in [0.717, 1.165) is 21.0 Å². The molecule has 0 saturated carbocycles. The number of carbonyl (C=O) groups excluding carboxylic acids is 2. The first-order valence-corrected chi connectivity index (χ1v) is 16.4. The molecule has 1 N–H and O–H groups in total. The molecule has 4 aromatic carbocycles. The molecule has 11 heteroatoms. The summed E-state index contributed by atoms with van der Waals surface area (Å²) in [4.78, 5) is 40.5. The van der Waals surface area contributed by atoms with Gasteiger partial charge in [0.15, 0.2) is 0 Å². The maximum absolute atomic E-state index is 14.5. The Hall–Kier alpha value is -5.03. The van der Waals surface area contributed by atoms with Crippen LogP contribution >= 0.6 is 0 Å². The molecule has 2 atom stereocenters. The van der Waals surface area contributed by atoms with Crippen LogP contribution in [-0.4, -0.2) is 48.7 Å². The molecule has 0 aliphatic heterocycles. The highest BCUT2D eigenvalue weighted by Crippen LogP contribution is 2.27. The van der Waals surface area contributed by atoms with Crippen molar-refractivity contribution in [1.82, 2.24) is 10.2 Å². The Kier molecular flexibility index (Phi) is 11.3. The van der Waals surface area contributed by atoms with Gasteiger partial charge in [-0.25, -0.2) is 8.42 Å². The molecule has 0 fully saturated rings. The van der Waals surface area contributed by atoms with Gasteiger partial charge in [0.05, 0.1) is 15.5 Å². The Morgan fingerprint density at radius 1 is 0.870 bits per heavy atom. The highest BCUT2D eigenvalue weighted by Gasteiger charge is 2.35. The number of carbonyl (C=O) groups is 2. The number of benzene rings is 4. The van der Waals surface area contributed by atoms with Gasteiger partial charge in [-0.15, -0.1) is 0 Å². The van der Waals surface area contributed by atoms with Gasteiger partial charge in [-0.05, 0) is 55.7 Å². The quantitative estimate of drug-likeness (QED) is 0.140. The monoisotopic (exact) mass is 642 g/mol. The molecule has 0 radical (unpaired) electrons. The van der Waals surface area contributed by atoms with E-state index in [9.17, 15) is 28.1 Å². The first kappa shape index (κ1) is 33.9. The van der Waals surface area contributed by atoms with Crippen LogP contribution in [-0.2, 0) is 32.6 Å². The molecule has 0 spiro atoms. The Bertz CT molecular complexity index is 1750. The van der Waals surface area contributed by atoms with Crippen LogP contribution in [0.5, 0.6) is 0 Å². The number of amides is 2. The van der Waals surface area contributed by atoms with Crippen LogP contribution in [0.2, 0.25) is 0 Å². The van der Waals surface area contributed by atoms with Crippen molar-refractivity contribution in [2.24, 2.45) is 0 Å². The van der Waals surface area contributed by atoms with Crippen LogP contribution in [0.4, 0.5) is 11.4 Å². The van der Waals surface area contributed by atoms with E-state index in [1.807, 2.05) is 75.4 Å². The molecule has 4 rings (SSSR count). The molecule has 240 valence electrons. The summed E-state index contributed by atoms with van der Waals surface area (Å²) in [5.41, 5.74) is 2.42. The molecule has 10 nitrogen and oxygen atoms in total. The fraction of sp³-hybridized carbons (Fsp3) is 0.257. The van der Waals surface area contributed by atoms with Crippen LogP contribution in [0.1, 0.15) is 37.0 Å². The summed E-state index contributed by atoms with van der Waals surface area (Å²) in [6.45, 7) is 5.15. The van der Waals surface area contributed by atoms with Gasteiger partial charge in [-0.3, -0.25) is 24.0 Å². The largest absolute Gasteiger partial charge is 0.352 e. The molecule has 2 amide bonds. The second kappa shape index (κ2) is 15.3. The summed E-state index contributed by atoms with van der Waals surface area (Å²) in [5, 5.41) is 14.3. The molecule has 0 heterocycles. The second-order valence-electron chi connectivity index (χ2n) is 11.1. The van der Waals surface area contributed by atoms with Crippen molar-refractivity contribution in [3.05, 3.63) is 136 Å². The third-order valence-electron chi connectivity index (χ3n) is 7.67. The van der Waals surface area contributed by atoms with Crippen molar-refractivity contribution in [2.75, 3.05) is 10.8 Å². The minimum absolute atomic E-state index is 0.0470. The van der Waals surface area contributed by atoms with Gasteiger partial charge in [-0.2, -0.15) is 0 Å². The zero-order valence-electron chi connectivity index (χ0n) is 26.1. The molecule has 0 unspecified atom stereocenters. The summed E-state index contributed by atoms with van der Waals surface area (Å²) in [6.07, 6.45) is 0.877. The third-order valence-corrected chi connectivity index (χ3v) is 9.45. The Morgan fingerprint density at radius 2 is 1.48 bits per heavy atom. The smallest absolute Gasteiger partial charge is 0.269 e. The molecule has 0 aliphatic carbocycles. The van der Waals surface area contributed by atoms with E-state index in [4.69, 9.17) is 0 Å². The zero-order valence-corrected chi connectivity index (χ0v) is 26.9. The van der Waals surface area contributed by atoms with E-state index in [2.05, 4.69) is 5.32 Å². The lowest BCUT2D eigenvalue weighted by atomic mass is 10.0. The summed E-state index contributed by atoms with van der Waals surface area (Å²) in [6, 6.07) is 28.4. The highest BCUT2D eigenvalue weighted by molar-refractivity contribution is 7.92. The standard InChI is InChI=1S/C35H38N4O6S/c1-4-27(3)36-35(41)33(23-28-13-7-5-8-14-28)37(24-29-15-11-12-26(2)22-29)34(40)25-38(30-18-20-31(21-19-30)39(42)43)46(44,45)32-16-9-6-10-17-32/h5-22,27,33H,4,23-25H2,1-3H3,(H,36,41)/t27-,33-/m0/s1. The van der Waals surface area contributed by atoms with Crippen LogP contribution in [0, 0.1) is 17.0 Å². The molecule has 0 aromatic heterocycles. The predicted molar refractivity (Wildman–Crippen MR) is 178 cm³/mol. The number of rotatable bonds is 14. The molecule has 4 aromatic rings. The number of nitrogens with one attached hydrogen (secondary N) is 1. The Morgan fingerprint density at radius 3 is 2.07 bits per heavy atom. The topological polar surface area (TPSA) is 130 Å². The van der Waals surface area contributed by atoms with Crippen LogP contribution in [0.25, 0.3) is 0 Å². The zero-order chi connectivity index (χ0) is 33.3. The number of hydrogen-bond acceptors (Lipinski definition) is 6. The number of aryl methyl sites for hydroxylation is 1. The van der Waals surface area contributed by atoms with E-state index in [1.54, 1.807) is 18.2 Å². The SMILES string of the molecule is CC[C@H](C)NC(=O)[C@H](Cc1ccccc1)N(Cc1cccc(C)c1)C(=O)CN(c1ccc([N+](=O)[O-])cc1)S(=O)(=O)c1ccccc1. The number of anilines is 1. The van der Waals surface area contributed by atoms with Gasteiger partial charge in [0.2, 0.25) is 11.8 Å². The predicted octanol–water partition coefficient (Wildman–Crippen LogP) is 5.65. The van der Waals surface area contributed by atoms with E-state index in [-0.39, 0.29) is 41.2 Å². The highest BCUT2D eigenvalue weighted by atomic mass is 32.2. The summed E-state index contributed by atoms with van der Waals surface area (Å²) >= 11 is 0. The minimum Gasteiger partial charge on any atom is -0.352 e. The molecule has 0 bridgehead atoms. The lowest BCUT2D eigenvalue weighted by molar-refractivity contribution is -0.384. The lowest BCUT2D eigenvalue weighted by Gasteiger charge is -2.34. The van der Waals surface area contributed by atoms with E-state index >= 15 is 0 Å². The summed E-state index contributed by atoms with van der Waals surface area (Å²) in [7, 11) is -4.31. The maximum atomic E-state index is 14.5. The average molecular weight is 643 g/mol. The van der Waals surface area contributed by atoms with E-state index in [0.29, 0.717) is 6.42 Å². The van der Waals surface area contributed by atoms with Crippen molar-refractivity contribution in [3.63, 3.8) is 0 Å². The number of non-ortho nitro benzene ring substituents is 1. The molecular weight excluding hydrogens is 604 g/mol. The van der Waals surface area contributed by atoms with Crippen molar-refractivity contribution < 1.29 is 22.9 Å². The van der Waals surface area contributed by atoms with Crippen molar-refractivity contribution in [3.8, 4) is 0 Å². The van der Waals surface area contributed by atoms with Gasteiger partial charge in [0, 0.05) is 31.1 Å². The first-order valence-electron chi connectivity index (χ1n) is 15.0. The fourth-order valence-corrected chi connectivity index (χ4v) is 6.43. The van der Waals surface area contributed by atoms with Gasteiger partial charge in [-0.1, -0.05) is 85.3 Å². The summed E-state index contributed by atoms with van der Waals surface area (Å²) in [5.74, 6) is -0.966. The van der Waals surface area contributed by atoms with Crippen molar-refractivity contribution in [2.45, 2.75) is 57.1 Å². The van der Waals surface area contributed by atoms with Crippen molar-refractivity contribution >= 4 is 33.2 Å². The molecular formula is C35H38N4O6S. The normalized spacial score (nSPS) is 12.5. The Labute approximate surface area is 269 Å². The van der Waals surface area contributed by atoms with Gasteiger partial charge in [0.25, 0.3) is 15.7 Å². The summed E-state index contributed by atoms with van der Waals surface area (Å²) < 4.78 is 29.0. The lowest BCUT2D eigenvalue weighted by Crippen LogP contribution is -2.54. The number of sulfonamides is 1. The number of hydrogen-bond donors (Lipinski definition) is 1. The number of nitro groups is 1. The minimum atomic E-state index is -4.31. The Balaban J connectivity index is 1.81. The molecule has 0 saturated heterocycles. The van der Waals surface area contributed by atoms with Gasteiger partial charge < -0.3 is 10.2 Å². The maximum Gasteiger partial charge on any atom is 0.269 e. The molecule has 46 heavy (non-hydrogen) atoms. The average Bonchev–Trinajstić information content (AvgIpc) is 3.05. The van der Waals surface area contributed by atoms with E-state index in [1.165, 1.54) is 41.3 Å². The van der Waals surface area contributed by atoms with Crippen LogP contribution in [0.15, 0.2) is 114 Å². The second-order valence-corrected chi connectivity index (χ2v) is 13.0. The first-order chi connectivity index (χ1) is 22.0. The fourth-order valence-electron chi connectivity index (χ4n) is 4.99. The van der Waals surface area contributed by atoms with Crippen LogP contribution in [0.3, 0.4) is 0 Å². The number of nitro benzene ring substituents is 1. The number of nitrogens with zero attached hydrogens (tertiary/aromatic N) is 3.